The number of nitrogens with zero attached hydrogens (tertiary/aromatic N) is 1. The molecule has 0 bridgehead atoms. The lowest BCUT2D eigenvalue weighted by Gasteiger charge is -2.37. The van der Waals surface area contributed by atoms with Crippen molar-refractivity contribution in [3.05, 3.63) is 64.4 Å². The van der Waals surface area contributed by atoms with Crippen LogP contribution in [0.1, 0.15) is 31.9 Å². The average molecular weight is 518 g/mol. The van der Waals surface area contributed by atoms with Crippen molar-refractivity contribution in [3.8, 4) is 5.75 Å². The van der Waals surface area contributed by atoms with Crippen molar-refractivity contribution >= 4 is 23.8 Å². The molecule has 0 saturated heterocycles. The molecule has 2 aliphatic heterocycles. The molecule has 4 unspecified atom stereocenters. The fourth-order valence-corrected chi connectivity index (χ4v) is 4.97. The minimum absolute atomic E-state index is 0.00375. The number of ether oxygens (including phenoxy) is 3. The van der Waals surface area contributed by atoms with Gasteiger partial charge in [-0.25, -0.2) is 9.59 Å². The highest BCUT2D eigenvalue weighted by atomic mass is 35.5. The topological polar surface area (TPSA) is 109 Å². The summed E-state index contributed by atoms with van der Waals surface area (Å²) in [5, 5.41) is 16.9. The van der Waals surface area contributed by atoms with Crippen LogP contribution in [0.3, 0.4) is 0 Å². The van der Waals surface area contributed by atoms with Crippen molar-refractivity contribution < 1.29 is 28.9 Å². The number of aliphatic hydroxyl groups is 1. The van der Waals surface area contributed by atoms with Crippen LogP contribution in [0.4, 0.5) is 9.59 Å². The molecule has 1 aliphatic carbocycles. The zero-order valence-corrected chi connectivity index (χ0v) is 21.2. The van der Waals surface area contributed by atoms with Crippen LogP contribution < -0.4 is 15.4 Å². The number of benzene rings is 1. The Labute approximate surface area is 215 Å². The van der Waals surface area contributed by atoms with Gasteiger partial charge < -0.3 is 30.0 Å². The summed E-state index contributed by atoms with van der Waals surface area (Å²) < 4.78 is 15.8. The smallest absolute Gasteiger partial charge is 0.410 e. The van der Waals surface area contributed by atoms with Crippen LogP contribution in [0.25, 0.3) is 0 Å². The first-order valence-corrected chi connectivity index (χ1v) is 12.6. The van der Waals surface area contributed by atoms with Crippen LogP contribution in [0.5, 0.6) is 5.75 Å². The molecule has 10 heteroatoms. The Hall–Kier alpha value is -3.17. The maximum absolute atomic E-state index is 12.8. The first kappa shape index (κ1) is 25.9. The number of allylic oxidation sites excluding steroid dienone is 2. The Balaban J connectivity index is 1.48. The summed E-state index contributed by atoms with van der Waals surface area (Å²) in [4.78, 5) is 26.0. The Morgan fingerprint density at radius 2 is 1.97 bits per heavy atom. The van der Waals surface area contributed by atoms with Gasteiger partial charge in [0.1, 0.15) is 24.5 Å². The molecule has 0 aromatic heterocycles. The van der Waals surface area contributed by atoms with Crippen LogP contribution in [-0.2, 0) is 9.47 Å². The summed E-state index contributed by atoms with van der Waals surface area (Å²) >= 11 is 6.29. The molecule has 2 amide bonds. The second-order valence-corrected chi connectivity index (χ2v) is 9.16. The summed E-state index contributed by atoms with van der Waals surface area (Å²) in [6.45, 7) is 4.63. The average Bonchev–Trinajstić information content (AvgIpc) is 3.24. The second kappa shape index (κ2) is 11.7. The van der Waals surface area contributed by atoms with E-state index in [9.17, 15) is 14.7 Å². The summed E-state index contributed by atoms with van der Waals surface area (Å²) in [6, 6.07) is 7.21. The minimum Gasteiger partial charge on any atom is -0.491 e. The monoisotopic (exact) mass is 517 g/mol. The van der Waals surface area contributed by atoms with Crippen molar-refractivity contribution in [1.29, 1.82) is 0 Å². The van der Waals surface area contributed by atoms with Gasteiger partial charge in [-0.05, 0) is 49.6 Å². The Morgan fingerprint density at radius 1 is 1.22 bits per heavy atom. The molecule has 0 fully saturated rings. The van der Waals surface area contributed by atoms with E-state index in [1.807, 2.05) is 18.2 Å². The Morgan fingerprint density at radius 3 is 2.69 bits per heavy atom. The lowest BCUT2D eigenvalue weighted by atomic mass is 9.85. The van der Waals surface area contributed by atoms with Gasteiger partial charge in [0.15, 0.2) is 0 Å². The van der Waals surface area contributed by atoms with E-state index in [4.69, 9.17) is 25.8 Å². The fraction of sp³-hybridized carbons (Fsp3) is 0.462. The number of aliphatic hydroxyl groups excluding tert-OH is 1. The maximum atomic E-state index is 12.8. The van der Waals surface area contributed by atoms with Crippen LogP contribution in [-0.4, -0.2) is 67.2 Å². The normalized spacial score (nSPS) is 23.2. The highest BCUT2D eigenvalue weighted by Crippen LogP contribution is 2.44. The number of nitrogens with one attached hydrogen (secondary N) is 2. The number of hydrogen-bond donors (Lipinski definition) is 3. The molecule has 4 rings (SSSR count). The quantitative estimate of drug-likeness (QED) is 0.483. The van der Waals surface area contributed by atoms with E-state index in [0.29, 0.717) is 18.9 Å². The number of carbonyl (C=O) groups excluding carboxylic acids is 2. The molecule has 0 saturated carbocycles. The highest BCUT2D eigenvalue weighted by molar-refractivity contribution is 6.31. The van der Waals surface area contributed by atoms with Gasteiger partial charge in [-0.2, -0.15) is 0 Å². The molecule has 3 N–H and O–H groups in total. The number of alkyl carbamates (subject to hydrolysis) is 1. The summed E-state index contributed by atoms with van der Waals surface area (Å²) in [7, 11) is 0. The molecular weight excluding hydrogens is 486 g/mol. The molecule has 1 aromatic carbocycles. The van der Waals surface area contributed by atoms with E-state index < -0.39 is 12.2 Å². The molecule has 0 spiro atoms. The molecule has 194 valence electrons. The van der Waals surface area contributed by atoms with Crippen molar-refractivity contribution in [1.82, 2.24) is 15.5 Å². The predicted molar refractivity (Wildman–Crippen MR) is 135 cm³/mol. The van der Waals surface area contributed by atoms with Gasteiger partial charge in [0.05, 0.1) is 25.8 Å². The number of halogens is 1. The predicted octanol–water partition coefficient (Wildman–Crippen LogP) is 3.61. The second-order valence-electron chi connectivity index (χ2n) is 8.73. The zero-order valence-electron chi connectivity index (χ0n) is 20.4. The third-order valence-electron chi connectivity index (χ3n) is 6.36. The van der Waals surface area contributed by atoms with E-state index in [2.05, 4.69) is 22.8 Å². The van der Waals surface area contributed by atoms with Crippen LogP contribution in [0, 0.1) is 5.92 Å². The van der Waals surface area contributed by atoms with E-state index in [-0.39, 0.29) is 43.9 Å². The van der Waals surface area contributed by atoms with Gasteiger partial charge in [0, 0.05) is 23.2 Å². The molecular formula is C26H32ClN3O6. The van der Waals surface area contributed by atoms with Crippen molar-refractivity contribution in [2.24, 2.45) is 5.92 Å². The maximum Gasteiger partial charge on any atom is 0.410 e. The van der Waals surface area contributed by atoms with Gasteiger partial charge in [-0.15, -0.1) is 0 Å². The van der Waals surface area contributed by atoms with Gasteiger partial charge in [-0.3, -0.25) is 4.90 Å². The van der Waals surface area contributed by atoms with E-state index in [0.717, 1.165) is 22.7 Å². The van der Waals surface area contributed by atoms with Gasteiger partial charge in [0.25, 0.3) is 0 Å². The van der Waals surface area contributed by atoms with Gasteiger partial charge in [0.2, 0.25) is 0 Å². The number of fused-ring (bicyclic) bond motifs is 2. The van der Waals surface area contributed by atoms with Crippen LogP contribution in [0.15, 0.2) is 58.8 Å². The molecule has 0 radical (unpaired) electrons. The van der Waals surface area contributed by atoms with Gasteiger partial charge in [-0.1, -0.05) is 35.9 Å². The minimum atomic E-state index is -0.890. The SMILES string of the molecule is CCOC(=O)NCC(O)COc1ccc(C2C3=C(CCN2C(=O)OCC)C2C=C(Cl)C=CC2N3)cc1. The molecule has 36 heavy (non-hydrogen) atoms. The van der Waals surface area contributed by atoms with Crippen molar-refractivity contribution in [2.75, 3.05) is 32.9 Å². The van der Waals surface area contributed by atoms with Crippen LogP contribution in [0.2, 0.25) is 0 Å². The van der Waals surface area contributed by atoms with Gasteiger partial charge >= 0.3 is 12.2 Å². The number of carbonyl (C=O) groups is 2. The number of hydrogen-bond acceptors (Lipinski definition) is 7. The highest BCUT2D eigenvalue weighted by Gasteiger charge is 2.43. The molecule has 9 nitrogen and oxygen atoms in total. The standard InChI is InChI=1S/C26H32ClN3O6/c1-3-34-25(32)28-14-18(31)15-36-19-8-5-16(6-9-19)24-23-20(11-12-30(24)26(33)35-4-2)21-13-17(27)7-10-22(21)29-23/h5-10,13,18,21-22,24,29,31H,3-4,11-12,14-15H2,1-2H3,(H,28,32). The first-order chi connectivity index (χ1) is 17.4. The molecule has 1 aromatic rings. The fourth-order valence-electron chi connectivity index (χ4n) is 4.77. The third-order valence-corrected chi connectivity index (χ3v) is 6.62. The van der Waals surface area contributed by atoms with Crippen molar-refractivity contribution in [3.63, 3.8) is 0 Å². The van der Waals surface area contributed by atoms with E-state index in [1.54, 1.807) is 30.9 Å². The zero-order chi connectivity index (χ0) is 25.7. The lowest BCUT2D eigenvalue weighted by molar-refractivity contribution is 0.0921. The Bertz CT molecular complexity index is 1050. The third kappa shape index (κ3) is 5.79. The molecule has 3 aliphatic rings. The van der Waals surface area contributed by atoms with Crippen molar-refractivity contribution in [2.45, 2.75) is 38.5 Å². The van der Waals surface area contributed by atoms with Crippen LogP contribution >= 0.6 is 11.6 Å². The molecule has 4 atom stereocenters. The summed E-state index contributed by atoms with van der Waals surface area (Å²) in [5.74, 6) is 0.726. The summed E-state index contributed by atoms with van der Waals surface area (Å²) in [5.41, 5.74) is 3.17. The number of amides is 2. The largest absolute Gasteiger partial charge is 0.491 e. The first-order valence-electron chi connectivity index (χ1n) is 12.2. The summed E-state index contributed by atoms with van der Waals surface area (Å²) in [6.07, 6.45) is 4.95. The number of rotatable bonds is 8. The molecule has 2 heterocycles. The lowest BCUT2D eigenvalue weighted by Crippen LogP contribution is -2.42. The Kier molecular flexibility index (Phi) is 8.43. The van der Waals surface area contributed by atoms with E-state index in [1.165, 1.54) is 5.57 Å². The van der Waals surface area contributed by atoms with E-state index >= 15 is 0 Å².